The molecule has 7 N–H and O–H groups in total. The zero-order chi connectivity index (χ0) is 21.4. The van der Waals surface area contributed by atoms with Gasteiger partial charge in [0.15, 0.2) is 5.84 Å². The van der Waals surface area contributed by atoms with Gasteiger partial charge in [-0.2, -0.15) is 5.10 Å². The maximum atomic E-state index is 13.7. The number of rotatable bonds is 6. The van der Waals surface area contributed by atoms with Gasteiger partial charge < -0.3 is 16.9 Å². The van der Waals surface area contributed by atoms with E-state index >= 15 is 0 Å². The van der Waals surface area contributed by atoms with Crippen LogP contribution in [-0.4, -0.2) is 22.9 Å². The number of benzene rings is 1. The van der Waals surface area contributed by atoms with Crippen LogP contribution in [0, 0.1) is 0 Å². The number of hydrogen-bond donors (Lipinski definition) is 4. The van der Waals surface area contributed by atoms with Crippen LogP contribution in [-0.2, 0) is 0 Å². The molecule has 0 fully saturated rings. The average Bonchev–Trinajstić information content (AvgIpc) is 2.75. The highest BCUT2D eigenvalue weighted by molar-refractivity contribution is 6.03. The molecule has 2 rings (SSSR count). The summed E-state index contributed by atoms with van der Waals surface area (Å²) in [6, 6.07) is 9.32. The third-order valence-corrected chi connectivity index (χ3v) is 4.09. The summed E-state index contributed by atoms with van der Waals surface area (Å²) in [5, 5.41) is 7.64. The molecule has 1 heterocycles. The number of nitrogens with zero attached hydrogens (tertiary/aromatic N) is 3. The summed E-state index contributed by atoms with van der Waals surface area (Å²) in [6.45, 7) is 1.49. The molecule has 0 saturated heterocycles. The monoisotopic (exact) mass is 399 g/mol. The molecule has 0 aliphatic heterocycles. The number of allylic oxidation sites excluding steroid dienone is 4. The van der Waals surface area contributed by atoms with Crippen LogP contribution in [0.5, 0.6) is 0 Å². The van der Waals surface area contributed by atoms with Crippen LogP contribution in [0.25, 0.3) is 11.1 Å². The fraction of sp³-hybridized carbons (Fsp3) is 0.100. The van der Waals surface area contributed by atoms with Crippen molar-refractivity contribution in [1.82, 2.24) is 9.99 Å². The number of hydrazone groups is 1. The van der Waals surface area contributed by atoms with E-state index in [0.717, 1.165) is 34.0 Å². The zero-order valence-corrected chi connectivity index (χ0v) is 16.1. The van der Waals surface area contributed by atoms with E-state index in [4.69, 9.17) is 17.4 Å². The van der Waals surface area contributed by atoms with Crippen LogP contribution in [0.15, 0.2) is 77.7 Å². The predicted octanol–water partition coefficient (Wildman–Crippen LogP) is 3.41. The molecule has 2 aromatic rings. The minimum Gasteiger partial charge on any atom is -0.388 e. The second kappa shape index (κ2) is 10.00. The molecule has 152 valence electrons. The number of halogens is 2. The summed E-state index contributed by atoms with van der Waals surface area (Å²) in [6.07, 6.45) is 5.03. The molecule has 0 aliphatic carbocycles. The number of nitrogens with two attached hydrogens (primary N) is 3. The molecule has 0 unspecified atom stereocenters. The highest BCUT2D eigenvalue weighted by Gasteiger charge is 2.18. The Morgan fingerprint density at radius 3 is 2.48 bits per heavy atom. The van der Waals surface area contributed by atoms with Gasteiger partial charge in [-0.1, -0.05) is 18.2 Å². The van der Waals surface area contributed by atoms with Gasteiger partial charge in [0.1, 0.15) is 11.6 Å². The van der Waals surface area contributed by atoms with Gasteiger partial charge in [0.2, 0.25) is 0 Å². The van der Waals surface area contributed by atoms with E-state index in [1.54, 1.807) is 12.3 Å². The van der Waals surface area contributed by atoms with Crippen molar-refractivity contribution in [3.63, 3.8) is 0 Å². The molecule has 0 aliphatic rings. The van der Waals surface area contributed by atoms with Gasteiger partial charge in [-0.05, 0) is 42.8 Å². The van der Waals surface area contributed by atoms with E-state index in [9.17, 15) is 8.78 Å². The van der Waals surface area contributed by atoms with Crippen molar-refractivity contribution < 1.29 is 8.78 Å². The molecule has 29 heavy (non-hydrogen) atoms. The van der Waals surface area contributed by atoms with E-state index in [-0.39, 0.29) is 23.7 Å². The van der Waals surface area contributed by atoms with Gasteiger partial charge in [0.25, 0.3) is 0 Å². The Hall–Kier alpha value is -3.72. The lowest BCUT2D eigenvalue weighted by Gasteiger charge is -2.22. The number of amidine groups is 1. The lowest BCUT2D eigenvalue weighted by molar-refractivity contribution is 0.550. The van der Waals surface area contributed by atoms with Crippen molar-refractivity contribution in [3.8, 4) is 11.1 Å². The lowest BCUT2D eigenvalue weighted by Crippen LogP contribution is -2.38. The zero-order valence-electron chi connectivity index (χ0n) is 16.1. The summed E-state index contributed by atoms with van der Waals surface area (Å²) in [5.41, 5.74) is 8.83. The van der Waals surface area contributed by atoms with Crippen molar-refractivity contribution in [2.75, 3.05) is 18.1 Å². The van der Waals surface area contributed by atoms with Crippen molar-refractivity contribution in [3.05, 3.63) is 78.2 Å². The molecule has 9 heteroatoms. The molecule has 0 spiro atoms. The molecular formula is C20H23F2N7. The number of anilines is 2. The third kappa shape index (κ3) is 5.17. The van der Waals surface area contributed by atoms with Crippen molar-refractivity contribution in [2.24, 2.45) is 16.8 Å². The first-order chi connectivity index (χ1) is 13.9. The molecule has 0 saturated carbocycles. The first kappa shape index (κ1) is 21.6. The maximum absolute atomic E-state index is 13.7. The van der Waals surface area contributed by atoms with Gasteiger partial charge in [-0.25, -0.2) is 19.6 Å². The molecule has 0 bridgehead atoms. The van der Waals surface area contributed by atoms with Crippen molar-refractivity contribution in [1.29, 1.82) is 0 Å². The summed E-state index contributed by atoms with van der Waals surface area (Å²) in [4.78, 5) is 4.18. The number of hydrogen-bond acceptors (Lipinski definition) is 6. The first-order valence-electron chi connectivity index (χ1n) is 8.62. The van der Waals surface area contributed by atoms with Gasteiger partial charge in [-0.15, -0.1) is 0 Å². The average molecular weight is 399 g/mol. The van der Waals surface area contributed by atoms with E-state index in [1.165, 1.54) is 13.0 Å². The molecule has 0 amide bonds. The summed E-state index contributed by atoms with van der Waals surface area (Å²) in [5.74, 6) is 11.0. The van der Waals surface area contributed by atoms with E-state index < -0.39 is 5.83 Å². The van der Waals surface area contributed by atoms with Crippen LogP contribution >= 0.6 is 0 Å². The lowest BCUT2D eigenvalue weighted by atomic mass is 10.0. The van der Waals surface area contributed by atoms with Gasteiger partial charge in [-0.3, -0.25) is 5.01 Å². The topological polar surface area (TPSA) is 119 Å². The Kier molecular flexibility index (Phi) is 7.44. The van der Waals surface area contributed by atoms with Gasteiger partial charge in [0, 0.05) is 24.5 Å². The number of aromatic nitrogens is 1. The molecule has 0 atom stereocenters. The Morgan fingerprint density at radius 1 is 1.24 bits per heavy atom. The standard InChI is InChI=1S/C20H23F2N7/c1-3-15(22)11-17(8-9-21)29(25)20(28-24)18-10-14(12-27-19(18)23)13-4-6-16(26-2)7-5-13/h3-12,26H,24-25H2,1-2H3,(H2,23,27)/b9-8+,15-3+,17-11+,28-20-. The minimum absolute atomic E-state index is 0.0167. The molecule has 0 radical (unpaired) electrons. The Balaban J connectivity index is 2.50. The SMILES string of the molecule is C\C=C(F)/C=C(\C=C\F)N(N)/C(=N\N)c1cc(-c2ccc(NC)cc2)cnc1N. The van der Waals surface area contributed by atoms with Crippen LogP contribution in [0.2, 0.25) is 0 Å². The second-order valence-electron chi connectivity index (χ2n) is 5.84. The summed E-state index contributed by atoms with van der Waals surface area (Å²) < 4.78 is 26.5. The molecular weight excluding hydrogens is 376 g/mol. The fourth-order valence-electron chi connectivity index (χ4n) is 2.51. The van der Waals surface area contributed by atoms with Gasteiger partial charge in [0.05, 0.1) is 17.6 Å². The third-order valence-electron chi connectivity index (χ3n) is 4.09. The quantitative estimate of drug-likeness (QED) is 0.194. The van der Waals surface area contributed by atoms with Crippen molar-refractivity contribution in [2.45, 2.75) is 6.92 Å². The van der Waals surface area contributed by atoms with Crippen molar-refractivity contribution >= 4 is 17.3 Å². The molecule has 1 aromatic carbocycles. The van der Waals surface area contributed by atoms with Crippen LogP contribution in [0.4, 0.5) is 20.3 Å². The summed E-state index contributed by atoms with van der Waals surface area (Å²) >= 11 is 0. The summed E-state index contributed by atoms with van der Waals surface area (Å²) in [7, 11) is 1.82. The highest BCUT2D eigenvalue weighted by atomic mass is 19.1. The molecule has 7 nitrogen and oxygen atoms in total. The predicted molar refractivity (Wildman–Crippen MR) is 114 cm³/mol. The van der Waals surface area contributed by atoms with Crippen LogP contribution in [0.1, 0.15) is 12.5 Å². The van der Waals surface area contributed by atoms with Gasteiger partial charge >= 0.3 is 0 Å². The smallest absolute Gasteiger partial charge is 0.177 e. The van der Waals surface area contributed by atoms with E-state index in [2.05, 4.69) is 15.4 Å². The first-order valence-corrected chi connectivity index (χ1v) is 8.62. The minimum atomic E-state index is -0.616. The van der Waals surface area contributed by atoms with Crippen LogP contribution in [0.3, 0.4) is 0 Å². The Bertz CT molecular complexity index is 963. The second-order valence-corrected chi connectivity index (χ2v) is 5.84. The largest absolute Gasteiger partial charge is 0.388 e. The Labute approximate surface area is 167 Å². The highest BCUT2D eigenvalue weighted by Crippen LogP contribution is 2.25. The number of nitrogen functional groups attached to an aromatic ring is 1. The molecule has 1 aromatic heterocycles. The van der Waals surface area contributed by atoms with Crippen LogP contribution < -0.4 is 22.7 Å². The number of pyridine rings is 1. The number of nitrogens with one attached hydrogen (secondary N) is 1. The van der Waals surface area contributed by atoms with E-state index in [0.29, 0.717) is 5.56 Å². The number of hydrazine groups is 1. The van der Waals surface area contributed by atoms with E-state index in [1.807, 2.05) is 31.3 Å². The normalized spacial score (nSPS) is 13.1. The maximum Gasteiger partial charge on any atom is 0.177 e. The Morgan fingerprint density at radius 2 is 1.93 bits per heavy atom. The fourth-order valence-corrected chi connectivity index (χ4v) is 2.51.